The molecule has 1 aliphatic rings. The minimum atomic E-state index is -0.187. The quantitative estimate of drug-likeness (QED) is 0.888. The molecule has 0 aromatic heterocycles. The maximum absolute atomic E-state index is 8.01. The van der Waals surface area contributed by atoms with Gasteiger partial charge in [-0.2, -0.15) is 0 Å². The van der Waals surface area contributed by atoms with Crippen LogP contribution < -0.4 is 5.73 Å². The van der Waals surface area contributed by atoms with Crippen molar-refractivity contribution >= 4 is 17.4 Å². The van der Waals surface area contributed by atoms with Crippen LogP contribution in [0.15, 0.2) is 24.3 Å². The molecule has 4 nitrogen and oxygen atoms in total. The zero-order chi connectivity index (χ0) is 13.8. The minimum absolute atomic E-state index is 0.187. The zero-order valence-corrected chi connectivity index (χ0v) is 12.0. The molecule has 0 spiro atoms. The van der Waals surface area contributed by atoms with Crippen LogP contribution in [0.25, 0.3) is 0 Å². The molecule has 0 bridgehead atoms. The van der Waals surface area contributed by atoms with Gasteiger partial charge in [-0.15, -0.1) is 0 Å². The van der Waals surface area contributed by atoms with Gasteiger partial charge in [0.25, 0.3) is 0 Å². The van der Waals surface area contributed by atoms with E-state index in [9.17, 15) is 0 Å². The highest BCUT2D eigenvalue weighted by atomic mass is 35.5. The average Bonchev–Trinajstić information content (AvgIpc) is 2.38. The van der Waals surface area contributed by atoms with Crippen LogP contribution in [0.1, 0.15) is 18.9 Å². The molecule has 1 aromatic rings. The van der Waals surface area contributed by atoms with E-state index in [0.29, 0.717) is 5.84 Å². The predicted molar refractivity (Wildman–Crippen MR) is 79.4 cm³/mol. The molecule has 1 saturated heterocycles. The van der Waals surface area contributed by atoms with Crippen LogP contribution >= 0.6 is 11.6 Å². The van der Waals surface area contributed by atoms with Crippen LogP contribution in [0.5, 0.6) is 0 Å². The highest BCUT2D eigenvalue weighted by molar-refractivity contribution is 6.30. The summed E-state index contributed by atoms with van der Waals surface area (Å²) in [6.07, 6.45) is 1.03. The van der Waals surface area contributed by atoms with Gasteiger partial charge in [0.2, 0.25) is 0 Å². The number of rotatable bonds is 4. The fourth-order valence-electron chi connectivity index (χ4n) is 2.40. The second kappa shape index (κ2) is 6.37. The van der Waals surface area contributed by atoms with E-state index < -0.39 is 0 Å². The number of halogens is 1. The molecule has 1 fully saturated rings. The number of amidine groups is 1. The minimum Gasteiger partial charge on any atom is -0.346 e. The molecule has 104 valence electrons. The Morgan fingerprint density at radius 1 is 1.37 bits per heavy atom. The van der Waals surface area contributed by atoms with Crippen molar-refractivity contribution in [2.45, 2.75) is 25.9 Å². The van der Waals surface area contributed by atoms with Gasteiger partial charge in [-0.3, -0.25) is 10.3 Å². The molecule has 1 atom stereocenters. The first kappa shape index (κ1) is 14.3. The van der Waals surface area contributed by atoms with Crippen molar-refractivity contribution in [1.82, 2.24) is 9.80 Å². The van der Waals surface area contributed by atoms with Crippen molar-refractivity contribution in [1.29, 1.82) is 5.41 Å². The fourth-order valence-corrected chi connectivity index (χ4v) is 2.52. The van der Waals surface area contributed by atoms with E-state index in [4.69, 9.17) is 22.7 Å². The molecule has 1 heterocycles. The zero-order valence-electron chi connectivity index (χ0n) is 11.3. The highest BCUT2D eigenvalue weighted by Crippen LogP contribution is 2.14. The third-order valence-electron chi connectivity index (χ3n) is 3.33. The van der Waals surface area contributed by atoms with Gasteiger partial charge in [-0.05, 0) is 24.1 Å². The fraction of sp³-hybridized carbons (Fsp3) is 0.500. The second-order valence-corrected chi connectivity index (χ2v) is 5.47. The lowest BCUT2D eigenvalue weighted by Crippen LogP contribution is -2.58. The van der Waals surface area contributed by atoms with Crippen LogP contribution in [-0.2, 0) is 6.54 Å². The van der Waals surface area contributed by atoms with Crippen molar-refractivity contribution in [2.24, 2.45) is 5.73 Å². The average molecular weight is 281 g/mol. The molecule has 5 heteroatoms. The number of benzene rings is 1. The molecule has 1 aliphatic heterocycles. The molecule has 19 heavy (non-hydrogen) atoms. The van der Waals surface area contributed by atoms with Crippen molar-refractivity contribution in [3.63, 3.8) is 0 Å². The topological polar surface area (TPSA) is 56.4 Å². The van der Waals surface area contributed by atoms with Gasteiger partial charge in [0, 0.05) is 24.7 Å². The molecule has 0 saturated carbocycles. The van der Waals surface area contributed by atoms with Crippen molar-refractivity contribution in [2.75, 3.05) is 19.8 Å². The van der Waals surface area contributed by atoms with Crippen LogP contribution in [-0.4, -0.2) is 41.4 Å². The third kappa shape index (κ3) is 3.69. The van der Waals surface area contributed by atoms with Crippen LogP contribution in [0.3, 0.4) is 0 Å². The summed E-state index contributed by atoms with van der Waals surface area (Å²) in [6, 6.07) is 7.71. The molecule has 0 aliphatic carbocycles. The van der Waals surface area contributed by atoms with E-state index in [1.54, 1.807) is 0 Å². The van der Waals surface area contributed by atoms with Gasteiger partial charge in [0.1, 0.15) is 5.84 Å². The van der Waals surface area contributed by atoms with E-state index in [0.717, 1.165) is 37.7 Å². The van der Waals surface area contributed by atoms with Crippen molar-refractivity contribution in [3.05, 3.63) is 34.9 Å². The van der Waals surface area contributed by atoms with Crippen LogP contribution in [0.4, 0.5) is 0 Å². The Kier molecular flexibility index (Phi) is 4.80. The number of nitrogens with one attached hydrogen (secondary N) is 1. The van der Waals surface area contributed by atoms with Gasteiger partial charge in [-0.1, -0.05) is 30.7 Å². The normalized spacial score (nSPS) is 20.9. The lowest BCUT2D eigenvalue weighted by Gasteiger charge is -2.40. The maximum atomic E-state index is 8.01. The highest BCUT2D eigenvalue weighted by Gasteiger charge is 2.26. The Bertz CT molecular complexity index is 432. The van der Waals surface area contributed by atoms with E-state index in [1.165, 1.54) is 5.56 Å². The summed E-state index contributed by atoms with van der Waals surface area (Å²) in [7, 11) is 0. The lowest BCUT2D eigenvalue weighted by atomic mass is 10.1. The Hall–Kier alpha value is -1.10. The maximum Gasteiger partial charge on any atom is 0.115 e. The van der Waals surface area contributed by atoms with Gasteiger partial charge in [-0.25, -0.2) is 0 Å². The van der Waals surface area contributed by atoms with Gasteiger partial charge in [0.05, 0.1) is 12.7 Å². The lowest BCUT2D eigenvalue weighted by molar-refractivity contribution is 0.145. The number of hydrogen-bond acceptors (Lipinski definition) is 3. The number of nitrogens with two attached hydrogens (primary N) is 1. The number of nitrogens with zero attached hydrogens (tertiary/aromatic N) is 2. The SMILES string of the molecule is CCCN1CN(Cc2ccc(Cl)cc2)CC(N)C1=N. The third-order valence-corrected chi connectivity index (χ3v) is 3.58. The predicted octanol–water partition coefficient (Wildman–Crippen LogP) is 2.13. The Labute approximate surface area is 119 Å². The standard InChI is InChI=1S/C14H21ClN4/c1-2-7-19-10-18(9-13(16)14(19)17)8-11-3-5-12(15)6-4-11/h3-6,13,17H,2,7-10,16H2,1H3. The molecular weight excluding hydrogens is 260 g/mol. The van der Waals surface area contributed by atoms with Crippen molar-refractivity contribution in [3.8, 4) is 0 Å². The first-order valence-corrected chi connectivity index (χ1v) is 7.03. The van der Waals surface area contributed by atoms with E-state index >= 15 is 0 Å². The van der Waals surface area contributed by atoms with Crippen LogP contribution in [0, 0.1) is 5.41 Å². The summed E-state index contributed by atoms with van der Waals surface area (Å²) in [6.45, 7) is 5.38. The Balaban J connectivity index is 2.00. The summed E-state index contributed by atoms with van der Waals surface area (Å²) in [5, 5.41) is 8.77. The molecule has 1 unspecified atom stereocenters. The van der Waals surface area contributed by atoms with Crippen molar-refractivity contribution < 1.29 is 0 Å². The molecule has 2 rings (SSSR count). The Morgan fingerprint density at radius 3 is 2.68 bits per heavy atom. The van der Waals surface area contributed by atoms with Crippen LogP contribution in [0.2, 0.25) is 5.02 Å². The van der Waals surface area contributed by atoms with E-state index in [-0.39, 0.29) is 6.04 Å². The number of hydrogen-bond donors (Lipinski definition) is 2. The summed E-state index contributed by atoms with van der Waals surface area (Å²) < 4.78 is 0. The second-order valence-electron chi connectivity index (χ2n) is 5.03. The summed E-state index contributed by atoms with van der Waals surface area (Å²) >= 11 is 5.89. The van der Waals surface area contributed by atoms with Gasteiger partial charge in [0.15, 0.2) is 0 Å². The summed E-state index contributed by atoms with van der Waals surface area (Å²) in [5.41, 5.74) is 7.26. The molecule has 0 radical (unpaired) electrons. The molecule has 0 amide bonds. The summed E-state index contributed by atoms with van der Waals surface area (Å²) in [5.74, 6) is 0.564. The van der Waals surface area contributed by atoms with E-state index in [2.05, 4.69) is 16.7 Å². The Morgan fingerprint density at radius 2 is 2.05 bits per heavy atom. The largest absolute Gasteiger partial charge is 0.346 e. The summed E-state index contributed by atoms with van der Waals surface area (Å²) in [4.78, 5) is 4.34. The smallest absolute Gasteiger partial charge is 0.115 e. The van der Waals surface area contributed by atoms with Gasteiger partial charge < -0.3 is 10.6 Å². The monoisotopic (exact) mass is 280 g/mol. The molecule has 3 N–H and O–H groups in total. The first-order valence-electron chi connectivity index (χ1n) is 6.66. The van der Waals surface area contributed by atoms with E-state index in [1.807, 2.05) is 24.3 Å². The van der Waals surface area contributed by atoms with Gasteiger partial charge >= 0.3 is 0 Å². The first-order chi connectivity index (χ1) is 9.10. The molecule has 1 aromatic carbocycles. The molecular formula is C14H21ClN4.